The van der Waals surface area contributed by atoms with Crippen LogP contribution in [0.25, 0.3) is 0 Å². The molecule has 3 unspecified atom stereocenters. The van der Waals surface area contributed by atoms with E-state index in [9.17, 15) is 0 Å². The Labute approximate surface area is 98.8 Å². The summed E-state index contributed by atoms with van der Waals surface area (Å²) in [6.07, 6.45) is 8.70. The van der Waals surface area contributed by atoms with Crippen molar-refractivity contribution in [2.75, 3.05) is 18.1 Å². The molecule has 1 aliphatic heterocycles. The summed E-state index contributed by atoms with van der Waals surface area (Å²) >= 11 is 2.13. The second kappa shape index (κ2) is 6.15. The lowest BCUT2D eigenvalue weighted by atomic mass is 9.82. The van der Waals surface area contributed by atoms with Crippen LogP contribution in [-0.2, 0) is 0 Å². The van der Waals surface area contributed by atoms with Gasteiger partial charge in [-0.2, -0.15) is 11.8 Å². The fourth-order valence-corrected chi connectivity index (χ4v) is 4.09. The molecule has 0 bridgehead atoms. The predicted molar refractivity (Wildman–Crippen MR) is 69.5 cm³/mol. The lowest BCUT2D eigenvalue weighted by Gasteiger charge is -2.30. The van der Waals surface area contributed by atoms with Crippen LogP contribution in [0.3, 0.4) is 0 Å². The highest BCUT2D eigenvalue weighted by molar-refractivity contribution is 7.99. The van der Waals surface area contributed by atoms with E-state index >= 15 is 0 Å². The summed E-state index contributed by atoms with van der Waals surface area (Å²) in [5, 5.41) is 3.79. The summed E-state index contributed by atoms with van der Waals surface area (Å²) in [5.41, 5.74) is 0. The Morgan fingerprint density at radius 2 is 2.13 bits per heavy atom. The van der Waals surface area contributed by atoms with Gasteiger partial charge in [-0.3, -0.25) is 0 Å². The Hall–Kier alpha value is 0.310. The van der Waals surface area contributed by atoms with Crippen LogP contribution in [0.1, 0.15) is 45.4 Å². The van der Waals surface area contributed by atoms with Crippen molar-refractivity contribution in [1.82, 2.24) is 5.32 Å². The largest absolute Gasteiger partial charge is 0.313 e. The molecule has 0 spiro atoms. The maximum absolute atomic E-state index is 3.79. The van der Waals surface area contributed by atoms with E-state index in [4.69, 9.17) is 0 Å². The van der Waals surface area contributed by atoms with Gasteiger partial charge in [0.2, 0.25) is 0 Å². The van der Waals surface area contributed by atoms with Crippen LogP contribution in [0.15, 0.2) is 0 Å². The lowest BCUT2D eigenvalue weighted by molar-refractivity contribution is 0.267. The zero-order valence-electron chi connectivity index (χ0n) is 10.0. The summed E-state index contributed by atoms with van der Waals surface area (Å²) in [6, 6.07) is 0.820. The quantitative estimate of drug-likeness (QED) is 0.794. The van der Waals surface area contributed by atoms with Crippen molar-refractivity contribution < 1.29 is 0 Å². The molecule has 2 heteroatoms. The standard InChI is InChI=1S/C13H25NS/c1-11-4-2-5-12(8-11)9-14-13-6-3-7-15-10-13/h11-14H,2-10H2,1H3. The van der Waals surface area contributed by atoms with Gasteiger partial charge < -0.3 is 5.32 Å². The summed E-state index contributed by atoms with van der Waals surface area (Å²) in [6.45, 7) is 3.71. The fraction of sp³-hybridized carbons (Fsp3) is 1.00. The van der Waals surface area contributed by atoms with Crippen LogP contribution in [-0.4, -0.2) is 24.1 Å². The summed E-state index contributed by atoms with van der Waals surface area (Å²) in [5.74, 6) is 4.69. The molecule has 0 aromatic heterocycles. The van der Waals surface area contributed by atoms with Crippen molar-refractivity contribution in [2.24, 2.45) is 11.8 Å². The van der Waals surface area contributed by atoms with Gasteiger partial charge in [0.15, 0.2) is 0 Å². The normalized spacial score (nSPS) is 37.8. The first-order chi connectivity index (χ1) is 7.34. The van der Waals surface area contributed by atoms with Crippen LogP contribution in [0.5, 0.6) is 0 Å². The van der Waals surface area contributed by atoms with Gasteiger partial charge in [-0.25, -0.2) is 0 Å². The molecule has 88 valence electrons. The molecule has 3 atom stereocenters. The van der Waals surface area contributed by atoms with E-state index in [1.165, 1.54) is 56.6 Å². The first-order valence-electron chi connectivity index (χ1n) is 6.65. The minimum atomic E-state index is 0.820. The van der Waals surface area contributed by atoms with Crippen LogP contribution < -0.4 is 5.32 Å². The van der Waals surface area contributed by atoms with Gasteiger partial charge in [-0.1, -0.05) is 19.8 Å². The van der Waals surface area contributed by atoms with E-state index < -0.39 is 0 Å². The second-order valence-electron chi connectivity index (χ2n) is 5.46. The Bertz CT molecular complexity index is 177. The van der Waals surface area contributed by atoms with Crippen molar-refractivity contribution in [1.29, 1.82) is 0 Å². The Morgan fingerprint density at radius 1 is 1.20 bits per heavy atom. The number of thioether (sulfide) groups is 1. The minimum absolute atomic E-state index is 0.820. The third-order valence-corrected chi connectivity index (χ3v) is 5.12. The molecule has 1 heterocycles. The molecule has 0 aromatic rings. The van der Waals surface area contributed by atoms with Crippen LogP contribution in [0, 0.1) is 11.8 Å². The molecule has 1 saturated heterocycles. The lowest BCUT2D eigenvalue weighted by Crippen LogP contribution is -2.38. The predicted octanol–water partition coefficient (Wildman–Crippen LogP) is 3.30. The molecule has 0 amide bonds. The maximum Gasteiger partial charge on any atom is 0.0158 e. The zero-order chi connectivity index (χ0) is 10.5. The number of rotatable bonds is 3. The third kappa shape index (κ3) is 3.99. The molecule has 1 nitrogen and oxygen atoms in total. The van der Waals surface area contributed by atoms with Crippen LogP contribution in [0.2, 0.25) is 0 Å². The molecule has 1 aliphatic carbocycles. The molecule has 1 N–H and O–H groups in total. The molecule has 2 aliphatic rings. The van der Waals surface area contributed by atoms with E-state index in [0.29, 0.717) is 0 Å². The topological polar surface area (TPSA) is 12.0 Å². The van der Waals surface area contributed by atoms with Crippen LogP contribution in [0.4, 0.5) is 0 Å². The average Bonchev–Trinajstić information content (AvgIpc) is 2.28. The van der Waals surface area contributed by atoms with E-state index in [-0.39, 0.29) is 0 Å². The monoisotopic (exact) mass is 227 g/mol. The van der Waals surface area contributed by atoms with Gasteiger partial charge >= 0.3 is 0 Å². The number of hydrogen-bond acceptors (Lipinski definition) is 2. The number of hydrogen-bond donors (Lipinski definition) is 1. The van der Waals surface area contributed by atoms with E-state index in [2.05, 4.69) is 24.0 Å². The van der Waals surface area contributed by atoms with Crippen molar-refractivity contribution in [3.05, 3.63) is 0 Å². The second-order valence-corrected chi connectivity index (χ2v) is 6.61. The number of nitrogens with one attached hydrogen (secondary N) is 1. The third-order valence-electron chi connectivity index (χ3n) is 3.90. The van der Waals surface area contributed by atoms with Gasteiger partial charge in [0.1, 0.15) is 0 Å². The van der Waals surface area contributed by atoms with Gasteiger partial charge in [0, 0.05) is 11.8 Å². The van der Waals surface area contributed by atoms with Gasteiger partial charge in [0.25, 0.3) is 0 Å². The van der Waals surface area contributed by atoms with Crippen molar-refractivity contribution in [3.8, 4) is 0 Å². The Morgan fingerprint density at radius 3 is 2.87 bits per heavy atom. The molecular weight excluding hydrogens is 202 g/mol. The van der Waals surface area contributed by atoms with Gasteiger partial charge in [-0.15, -0.1) is 0 Å². The van der Waals surface area contributed by atoms with Crippen molar-refractivity contribution >= 4 is 11.8 Å². The Kier molecular flexibility index (Phi) is 4.83. The molecule has 2 rings (SSSR count). The first kappa shape index (κ1) is 11.8. The van der Waals surface area contributed by atoms with Gasteiger partial charge in [-0.05, 0) is 49.8 Å². The molecule has 1 saturated carbocycles. The average molecular weight is 227 g/mol. The van der Waals surface area contributed by atoms with E-state index in [1.807, 2.05) is 0 Å². The minimum Gasteiger partial charge on any atom is -0.313 e. The zero-order valence-corrected chi connectivity index (χ0v) is 10.8. The highest BCUT2D eigenvalue weighted by Crippen LogP contribution is 2.28. The van der Waals surface area contributed by atoms with Gasteiger partial charge in [0.05, 0.1) is 0 Å². The highest BCUT2D eigenvalue weighted by Gasteiger charge is 2.20. The smallest absolute Gasteiger partial charge is 0.0158 e. The van der Waals surface area contributed by atoms with Crippen molar-refractivity contribution in [3.63, 3.8) is 0 Å². The molecule has 0 radical (unpaired) electrons. The summed E-state index contributed by atoms with van der Waals surface area (Å²) in [7, 11) is 0. The summed E-state index contributed by atoms with van der Waals surface area (Å²) in [4.78, 5) is 0. The molecule has 15 heavy (non-hydrogen) atoms. The van der Waals surface area contributed by atoms with Crippen molar-refractivity contribution in [2.45, 2.75) is 51.5 Å². The van der Waals surface area contributed by atoms with E-state index in [0.717, 1.165) is 17.9 Å². The highest BCUT2D eigenvalue weighted by atomic mass is 32.2. The van der Waals surface area contributed by atoms with Crippen LogP contribution >= 0.6 is 11.8 Å². The maximum atomic E-state index is 3.79. The summed E-state index contributed by atoms with van der Waals surface area (Å²) < 4.78 is 0. The first-order valence-corrected chi connectivity index (χ1v) is 7.81. The molecular formula is C13H25NS. The SMILES string of the molecule is CC1CCCC(CNC2CCCSC2)C1. The van der Waals surface area contributed by atoms with E-state index in [1.54, 1.807) is 0 Å². The Balaban J connectivity index is 1.63. The molecule has 2 fully saturated rings. The fourth-order valence-electron chi connectivity index (χ4n) is 2.98. The molecule has 0 aromatic carbocycles.